The molecular formula is C22H22FN5O3S. The Morgan fingerprint density at radius 2 is 2.09 bits per heavy atom. The van der Waals surface area contributed by atoms with Crippen molar-refractivity contribution in [3.63, 3.8) is 0 Å². The second-order valence-corrected chi connectivity index (χ2v) is 8.14. The number of hydrogen-bond acceptors (Lipinski definition) is 6. The monoisotopic (exact) mass is 455 g/mol. The zero-order chi connectivity index (χ0) is 22.8. The molecular weight excluding hydrogens is 433 g/mol. The van der Waals surface area contributed by atoms with Crippen LogP contribution in [0.1, 0.15) is 17.1 Å². The predicted molar refractivity (Wildman–Crippen MR) is 120 cm³/mol. The second kappa shape index (κ2) is 9.01. The summed E-state index contributed by atoms with van der Waals surface area (Å²) in [7, 11) is 1.56. The molecule has 1 amide bonds. The van der Waals surface area contributed by atoms with E-state index in [1.165, 1.54) is 27.9 Å². The molecule has 3 aromatic heterocycles. The largest absolute Gasteiger partial charge is 0.383 e. The quantitative estimate of drug-likeness (QED) is 0.433. The molecule has 0 bridgehead atoms. The first kappa shape index (κ1) is 21.8. The number of carbonyl (C=O) groups is 1. The van der Waals surface area contributed by atoms with Gasteiger partial charge in [-0.05, 0) is 38.1 Å². The Kier molecular flexibility index (Phi) is 6.15. The van der Waals surface area contributed by atoms with Gasteiger partial charge in [0.05, 0.1) is 30.0 Å². The second-order valence-electron chi connectivity index (χ2n) is 7.30. The summed E-state index contributed by atoms with van der Waals surface area (Å²) in [6, 6.07) is 7.86. The van der Waals surface area contributed by atoms with E-state index in [0.717, 1.165) is 5.69 Å². The highest BCUT2D eigenvalue weighted by Gasteiger charge is 2.20. The molecule has 1 aromatic carbocycles. The van der Waals surface area contributed by atoms with Gasteiger partial charge in [-0.1, -0.05) is 6.07 Å². The number of benzene rings is 1. The van der Waals surface area contributed by atoms with E-state index in [4.69, 9.17) is 4.74 Å². The zero-order valence-electron chi connectivity index (χ0n) is 17.9. The standard InChI is InChI=1S/C22H22FN5O3S/c1-13-9-18(26-28(13)16-6-4-5-15(23)10-16)20-14(2)25-22-27(21(20)30)17(12-32-22)11-19(29)24-7-8-31-3/h4-6,9-10,12H,7-8,11H2,1-3H3,(H,24,29). The van der Waals surface area contributed by atoms with Crippen molar-refractivity contribution in [3.05, 3.63) is 69.0 Å². The number of halogens is 1. The minimum absolute atomic E-state index is 0.0462. The highest BCUT2D eigenvalue weighted by molar-refractivity contribution is 7.15. The minimum atomic E-state index is -0.370. The van der Waals surface area contributed by atoms with Gasteiger partial charge in [0.2, 0.25) is 5.91 Å². The molecule has 0 atom stereocenters. The Hall–Kier alpha value is -3.37. The lowest BCUT2D eigenvalue weighted by molar-refractivity contribution is -0.120. The number of aryl methyl sites for hydroxylation is 2. The average Bonchev–Trinajstić information content (AvgIpc) is 3.31. The molecule has 32 heavy (non-hydrogen) atoms. The number of methoxy groups -OCH3 is 1. The molecule has 0 saturated carbocycles. The molecule has 4 aromatic rings. The van der Waals surface area contributed by atoms with Crippen LogP contribution in [0.15, 0.2) is 40.5 Å². The van der Waals surface area contributed by atoms with Crippen LogP contribution in [0.5, 0.6) is 0 Å². The highest BCUT2D eigenvalue weighted by atomic mass is 32.1. The molecule has 8 nitrogen and oxygen atoms in total. The zero-order valence-corrected chi connectivity index (χ0v) is 18.7. The van der Waals surface area contributed by atoms with Crippen LogP contribution in [0.2, 0.25) is 0 Å². The first-order valence-corrected chi connectivity index (χ1v) is 10.9. The first-order chi connectivity index (χ1) is 15.4. The van der Waals surface area contributed by atoms with E-state index in [0.29, 0.717) is 46.4 Å². The fraction of sp³-hybridized carbons (Fsp3) is 0.273. The number of rotatable bonds is 7. The molecule has 0 aliphatic carbocycles. The Bertz CT molecular complexity index is 1360. The van der Waals surface area contributed by atoms with Gasteiger partial charge in [-0.25, -0.2) is 14.1 Å². The molecule has 0 unspecified atom stereocenters. The molecule has 0 fully saturated rings. The van der Waals surface area contributed by atoms with E-state index in [9.17, 15) is 14.0 Å². The van der Waals surface area contributed by atoms with Gasteiger partial charge in [-0.3, -0.25) is 14.0 Å². The van der Waals surface area contributed by atoms with E-state index in [-0.39, 0.29) is 23.7 Å². The van der Waals surface area contributed by atoms with Crippen molar-refractivity contribution in [2.75, 3.05) is 20.3 Å². The fourth-order valence-electron chi connectivity index (χ4n) is 3.51. The maximum atomic E-state index is 13.7. The van der Waals surface area contributed by atoms with Crippen LogP contribution < -0.4 is 10.9 Å². The van der Waals surface area contributed by atoms with Crippen molar-refractivity contribution >= 4 is 22.2 Å². The summed E-state index contributed by atoms with van der Waals surface area (Å²) < 4.78 is 21.7. The van der Waals surface area contributed by atoms with Gasteiger partial charge in [0.15, 0.2) is 4.96 Å². The van der Waals surface area contributed by atoms with Gasteiger partial charge in [0.25, 0.3) is 5.56 Å². The van der Waals surface area contributed by atoms with E-state index < -0.39 is 0 Å². The molecule has 0 radical (unpaired) electrons. The van der Waals surface area contributed by atoms with Crippen molar-refractivity contribution in [3.8, 4) is 16.9 Å². The number of aromatic nitrogens is 4. The molecule has 0 saturated heterocycles. The third-order valence-corrected chi connectivity index (χ3v) is 5.86. The van der Waals surface area contributed by atoms with Crippen molar-refractivity contribution in [1.29, 1.82) is 0 Å². The number of carbonyl (C=O) groups excluding carboxylic acids is 1. The SMILES string of the molecule is COCCNC(=O)Cc1csc2nc(C)c(-c3cc(C)n(-c4cccc(F)c4)n3)c(=O)n12. The summed E-state index contributed by atoms with van der Waals surface area (Å²) in [5, 5.41) is 9.07. The number of ether oxygens (including phenoxy) is 1. The van der Waals surface area contributed by atoms with Gasteiger partial charge >= 0.3 is 0 Å². The maximum absolute atomic E-state index is 13.7. The number of hydrogen-bond donors (Lipinski definition) is 1. The highest BCUT2D eigenvalue weighted by Crippen LogP contribution is 2.23. The van der Waals surface area contributed by atoms with Gasteiger partial charge in [-0.2, -0.15) is 5.10 Å². The number of nitrogens with zero attached hydrogens (tertiary/aromatic N) is 4. The Balaban J connectivity index is 1.75. The van der Waals surface area contributed by atoms with Gasteiger partial charge in [-0.15, -0.1) is 11.3 Å². The number of fused-ring (bicyclic) bond motifs is 1. The van der Waals surface area contributed by atoms with Crippen LogP contribution in [0, 0.1) is 19.7 Å². The van der Waals surface area contributed by atoms with Crippen molar-refractivity contribution in [2.24, 2.45) is 0 Å². The Morgan fingerprint density at radius 3 is 2.84 bits per heavy atom. The molecule has 10 heteroatoms. The minimum Gasteiger partial charge on any atom is -0.383 e. The summed E-state index contributed by atoms with van der Waals surface area (Å²) in [4.78, 5) is 30.8. The van der Waals surface area contributed by atoms with Crippen LogP contribution in [0.25, 0.3) is 21.9 Å². The fourth-order valence-corrected chi connectivity index (χ4v) is 4.43. The summed E-state index contributed by atoms with van der Waals surface area (Å²) in [6.07, 6.45) is 0.0462. The third kappa shape index (κ3) is 4.19. The Labute approximate surface area is 187 Å². The Morgan fingerprint density at radius 1 is 1.28 bits per heavy atom. The molecule has 4 rings (SSSR count). The number of amides is 1. The lowest BCUT2D eigenvalue weighted by Crippen LogP contribution is -2.30. The van der Waals surface area contributed by atoms with E-state index in [2.05, 4.69) is 15.4 Å². The van der Waals surface area contributed by atoms with Crippen LogP contribution in [0.3, 0.4) is 0 Å². The molecule has 0 spiro atoms. The van der Waals surface area contributed by atoms with Crippen LogP contribution in [-0.4, -0.2) is 45.3 Å². The third-order valence-electron chi connectivity index (χ3n) is 4.99. The molecule has 3 heterocycles. The van der Waals surface area contributed by atoms with E-state index in [1.54, 1.807) is 42.3 Å². The lowest BCUT2D eigenvalue weighted by Gasteiger charge is -2.07. The summed E-state index contributed by atoms with van der Waals surface area (Å²) in [6.45, 7) is 4.39. The normalized spacial score (nSPS) is 11.2. The van der Waals surface area contributed by atoms with Gasteiger partial charge < -0.3 is 10.1 Å². The average molecular weight is 456 g/mol. The smallest absolute Gasteiger partial charge is 0.268 e. The topological polar surface area (TPSA) is 90.5 Å². The van der Waals surface area contributed by atoms with E-state index in [1.807, 2.05) is 6.92 Å². The van der Waals surface area contributed by atoms with Crippen LogP contribution >= 0.6 is 11.3 Å². The van der Waals surface area contributed by atoms with Crippen molar-refractivity contribution < 1.29 is 13.9 Å². The molecule has 166 valence electrons. The maximum Gasteiger partial charge on any atom is 0.268 e. The van der Waals surface area contributed by atoms with Crippen molar-refractivity contribution in [1.82, 2.24) is 24.5 Å². The predicted octanol–water partition coefficient (Wildman–Crippen LogP) is 2.67. The summed E-state index contributed by atoms with van der Waals surface area (Å²) >= 11 is 1.30. The van der Waals surface area contributed by atoms with Crippen LogP contribution in [0.4, 0.5) is 4.39 Å². The van der Waals surface area contributed by atoms with E-state index >= 15 is 0 Å². The molecule has 1 N–H and O–H groups in total. The first-order valence-electron chi connectivity index (χ1n) is 9.97. The molecule has 0 aliphatic rings. The lowest BCUT2D eigenvalue weighted by atomic mass is 10.1. The van der Waals surface area contributed by atoms with Crippen LogP contribution in [-0.2, 0) is 16.0 Å². The summed E-state index contributed by atoms with van der Waals surface area (Å²) in [5.41, 5.74) is 2.90. The van der Waals surface area contributed by atoms with Crippen molar-refractivity contribution in [2.45, 2.75) is 20.3 Å². The summed E-state index contributed by atoms with van der Waals surface area (Å²) in [5.74, 6) is -0.577. The number of nitrogens with one attached hydrogen (secondary N) is 1. The van der Waals surface area contributed by atoms with Gasteiger partial charge in [0, 0.05) is 30.4 Å². The number of thiazole rings is 1. The molecule has 0 aliphatic heterocycles. The van der Waals surface area contributed by atoms with Gasteiger partial charge in [0.1, 0.15) is 11.5 Å².